The monoisotopic (exact) mass is 265 g/mol. The summed E-state index contributed by atoms with van der Waals surface area (Å²) >= 11 is 1.46. The van der Waals surface area contributed by atoms with Crippen LogP contribution in [-0.4, -0.2) is 0 Å². The van der Waals surface area contributed by atoms with Crippen LogP contribution in [0.5, 0.6) is 0 Å². The van der Waals surface area contributed by atoms with E-state index in [0.717, 1.165) is 22.9 Å². The lowest BCUT2D eigenvalue weighted by atomic mass is 10.1. The minimum atomic E-state index is -0.820. The maximum atomic E-state index is 13.0. The van der Waals surface area contributed by atoms with Gasteiger partial charge in [0.2, 0.25) is 0 Å². The summed E-state index contributed by atoms with van der Waals surface area (Å²) in [4.78, 5) is 0.704. The molecule has 1 nitrogen and oxygen atoms in total. The second-order valence-electron chi connectivity index (χ2n) is 4.00. The highest BCUT2D eigenvalue weighted by Gasteiger charge is 2.05. The van der Waals surface area contributed by atoms with Gasteiger partial charge in [-0.2, -0.15) is 0 Å². The Morgan fingerprint density at radius 1 is 1.11 bits per heavy atom. The molecule has 2 aromatic rings. The van der Waals surface area contributed by atoms with Crippen molar-refractivity contribution >= 4 is 17.4 Å². The third-order valence-corrected chi connectivity index (χ3v) is 3.82. The Bertz CT molecular complexity index is 570. The van der Waals surface area contributed by atoms with Crippen molar-refractivity contribution in [2.24, 2.45) is 0 Å². The molecule has 0 saturated heterocycles. The van der Waals surface area contributed by atoms with Gasteiger partial charge < -0.3 is 5.73 Å². The van der Waals surface area contributed by atoms with E-state index < -0.39 is 11.6 Å². The zero-order valence-corrected chi connectivity index (χ0v) is 10.7. The molecule has 0 atom stereocenters. The lowest BCUT2D eigenvalue weighted by Gasteiger charge is -2.08. The Morgan fingerprint density at radius 2 is 1.89 bits per heavy atom. The van der Waals surface area contributed by atoms with Crippen LogP contribution >= 0.6 is 11.8 Å². The van der Waals surface area contributed by atoms with E-state index in [1.165, 1.54) is 17.8 Å². The third kappa shape index (κ3) is 2.82. The molecule has 18 heavy (non-hydrogen) atoms. The smallest absolute Gasteiger partial charge is 0.159 e. The second kappa shape index (κ2) is 5.40. The Kier molecular flexibility index (Phi) is 3.87. The van der Waals surface area contributed by atoms with Crippen molar-refractivity contribution in [3.63, 3.8) is 0 Å². The number of nitrogens with two attached hydrogens (primary N) is 1. The van der Waals surface area contributed by atoms with Crippen LogP contribution in [0.1, 0.15) is 11.1 Å². The van der Waals surface area contributed by atoms with Crippen LogP contribution in [0.4, 0.5) is 14.5 Å². The van der Waals surface area contributed by atoms with Gasteiger partial charge in [-0.1, -0.05) is 12.1 Å². The van der Waals surface area contributed by atoms with Crippen molar-refractivity contribution in [1.82, 2.24) is 0 Å². The number of halogens is 2. The summed E-state index contributed by atoms with van der Waals surface area (Å²) < 4.78 is 25.8. The fourth-order valence-corrected chi connectivity index (χ4v) is 2.57. The summed E-state index contributed by atoms with van der Waals surface area (Å²) in [6.07, 6.45) is 0. The molecule has 4 heteroatoms. The van der Waals surface area contributed by atoms with E-state index >= 15 is 0 Å². The summed E-state index contributed by atoms with van der Waals surface area (Å²) in [7, 11) is 0. The Balaban J connectivity index is 2.11. The number of thioether (sulfide) groups is 1. The lowest BCUT2D eigenvalue weighted by molar-refractivity contribution is 0.506. The number of hydrogen-bond donors (Lipinski definition) is 1. The molecule has 0 fully saturated rings. The molecule has 0 aliphatic carbocycles. The van der Waals surface area contributed by atoms with Gasteiger partial charge in [-0.05, 0) is 42.3 Å². The zero-order chi connectivity index (χ0) is 13.1. The van der Waals surface area contributed by atoms with Crippen LogP contribution < -0.4 is 5.73 Å². The van der Waals surface area contributed by atoms with Crippen molar-refractivity contribution in [1.29, 1.82) is 0 Å². The van der Waals surface area contributed by atoms with Crippen LogP contribution in [0.3, 0.4) is 0 Å². The van der Waals surface area contributed by atoms with Crippen molar-refractivity contribution in [3.05, 3.63) is 59.2 Å². The number of rotatable bonds is 3. The van der Waals surface area contributed by atoms with E-state index in [2.05, 4.69) is 0 Å². The Hall–Kier alpha value is -1.55. The molecule has 2 rings (SSSR count). The fraction of sp³-hybridized carbons (Fsp3) is 0.143. The SMILES string of the molecule is Cc1c(N)cccc1CSc1ccc(F)c(F)c1. The summed E-state index contributed by atoms with van der Waals surface area (Å²) in [6, 6.07) is 9.65. The normalized spacial score (nSPS) is 10.6. The fourth-order valence-electron chi connectivity index (χ4n) is 1.59. The van der Waals surface area contributed by atoms with Crippen molar-refractivity contribution < 1.29 is 8.78 Å². The van der Waals surface area contributed by atoms with Gasteiger partial charge in [0, 0.05) is 16.3 Å². The van der Waals surface area contributed by atoms with E-state index in [0.29, 0.717) is 10.6 Å². The predicted octanol–water partition coefficient (Wildman–Crippen LogP) is 4.15. The molecule has 0 aromatic heterocycles. The largest absolute Gasteiger partial charge is 0.399 e. The van der Waals surface area contributed by atoms with E-state index in [9.17, 15) is 8.78 Å². The van der Waals surface area contributed by atoms with Gasteiger partial charge in [-0.15, -0.1) is 11.8 Å². The molecule has 0 bridgehead atoms. The maximum absolute atomic E-state index is 13.0. The Labute approximate surface area is 109 Å². The van der Waals surface area contributed by atoms with Gasteiger partial charge in [0.1, 0.15) is 0 Å². The summed E-state index contributed by atoms with van der Waals surface area (Å²) in [5.74, 6) is -0.953. The zero-order valence-electron chi connectivity index (χ0n) is 9.91. The number of anilines is 1. The summed E-state index contributed by atoms with van der Waals surface area (Å²) in [5, 5.41) is 0. The molecule has 0 unspecified atom stereocenters. The van der Waals surface area contributed by atoms with Crippen LogP contribution in [0.2, 0.25) is 0 Å². The van der Waals surface area contributed by atoms with Crippen molar-refractivity contribution in [2.75, 3.05) is 5.73 Å². The maximum Gasteiger partial charge on any atom is 0.159 e. The minimum absolute atomic E-state index is 0.682. The molecule has 0 radical (unpaired) electrons. The van der Waals surface area contributed by atoms with E-state index in [1.54, 1.807) is 6.07 Å². The highest BCUT2D eigenvalue weighted by Crippen LogP contribution is 2.27. The highest BCUT2D eigenvalue weighted by atomic mass is 32.2. The van der Waals surface area contributed by atoms with Crippen LogP contribution in [0.15, 0.2) is 41.3 Å². The lowest BCUT2D eigenvalue weighted by Crippen LogP contribution is -1.94. The van der Waals surface area contributed by atoms with Gasteiger partial charge in [0.05, 0.1) is 0 Å². The van der Waals surface area contributed by atoms with Crippen molar-refractivity contribution in [2.45, 2.75) is 17.6 Å². The average Bonchev–Trinajstić information content (AvgIpc) is 2.35. The first-order valence-electron chi connectivity index (χ1n) is 5.50. The molecule has 94 valence electrons. The van der Waals surface area contributed by atoms with Gasteiger partial charge in [0.15, 0.2) is 11.6 Å². The molecular weight excluding hydrogens is 252 g/mol. The number of benzene rings is 2. The number of nitrogen functional groups attached to an aromatic ring is 1. The van der Waals surface area contributed by atoms with Crippen LogP contribution in [0.25, 0.3) is 0 Å². The average molecular weight is 265 g/mol. The quantitative estimate of drug-likeness (QED) is 0.666. The first-order valence-corrected chi connectivity index (χ1v) is 6.48. The van der Waals surface area contributed by atoms with Crippen molar-refractivity contribution in [3.8, 4) is 0 Å². The summed E-state index contributed by atoms with van der Waals surface area (Å²) in [6.45, 7) is 1.95. The molecule has 0 heterocycles. The number of hydrogen-bond acceptors (Lipinski definition) is 2. The standard InChI is InChI=1S/C14H13F2NS/c1-9-10(3-2-4-14(9)17)8-18-11-5-6-12(15)13(16)7-11/h2-7H,8,17H2,1H3. The van der Waals surface area contributed by atoms with Gasteiger partial charge in [-0.3, -0.25) is 0 Å². The van der Waals surface area contributed by atoms with E-state index in [1.807, 2.05) is 25.1 Å². The highest BCUT2D eigenvalue weighted by molar-refractivity contribution is 7.98. The van der Waals surface area contributed by atoms with Gasteiger partial charge in [-0.25, -0.2) is 8.78 Å². The Morgan fingerprint density at radius 3 is 2.61 bits per heavy atom. The second-order valence-corrected chi connectivity index (χ2v) is 5.04. The predicted molar refractivity (Wildman–Crippen MR) is 71.5 cm³/mol. The van der Waals surface area contributed by atoms with Crippen LogP contribution in [-0.2, 0) is 5.75 Å². The third-order valence-electron chi connectivity index (χ3n) is 2.77. The van der Waals surface area contributed by atoms with Gasteiger partial charge >= 0.3 is 0 Å². The molecule has 2 aromatic carbocycles. The van der Waals surface area contributed by atoms with E-state index in [4.69, 9.17) is 5.73 Å². The van der Waals surface area contributed by atoms with Crippen LogP contribution in [0, 0.1) is 18.6 Å². The first kappa shape index (κ1) is 12.9. The summed E-state index contributed by atoms with van der Waals surface area (Å²) in [5.41, 5.74) is 8.70. The molecule has 0 spiro atoms. The van der Waals surface area contributed by atoms with Gasteiger partial charge in [0.25, 0.3) is 0 Å². The minimum Gasteiger partial charge on any atom is -0.399 e. The molecule has 2 N–H and O–H groups in total. The van der Waals surface area contributed by atoms with E-state index in [-0.39, 0.29) is 0 Å². The topological polar surface area (TPSA) is 26.0 Å². The molecule has 0 aliphatic rings. The molecule has 0 amide bonds. The molecule has 0 aliphatic heterocycles. The first-order chi connectivity index (χ1) is 8.58. The molecule has 0 saturated carbocycles. The molecular formula is C14H13F2NS.